The highest BCUT2D eigenvalue weighted by molar-refractivity contribution is 5.76. The van der Waals surface area contributed by atoms with E-state index in [2.05, 4.69) is 47.4 Å². The molecule has 3 nitrogen and oxygen atoms in total. The molecular weight excluding hydrogens is 274 g/mol. The number of methoxy groups -OCH3 is 1. The predicted molar refractivity (Wildman–Crippen MR) is 86.5 cm³/mol. The van der Waals surface area contributed by atoms with Crippen LogP contribution in [-0.4, -0.2) is 30.6 Å². The lowest BCUT2D eigenvalue weighted by molar-refractivity contribution is -0.147. The van der Waals surface area contributed by atoms with Gasteiger partial charge in [0.1, 0.15) is 6.04 Å². The molecule has 3 heteroatoms. The van der Waals surface area contributed by atoms with Crippen molar-refractivity contribution in [2.75, 3.05) is 13.7 Å². The molecule has 0 bridgehead atoms. The summed E-state index contributed by atoms with van der Waals surface area (Å²) in [6, 6.07) is 18.6. The summed E-state index contributed by atoms with van der Waals surface area (Å²) in [6.07, 6.45) is 1.67. The molecule has 3 rings (SSSR count). The van der Waals surface area contributed by atoms with Crippen molar-refractivity contribution in [3.63, 3.8) is 0 Å². The molecule has 0 radical (unpaired) electrons. The van der Waals surface area contributed by atoms with E-state index in [1.165, 1.54) is 23.8 Å². The van der Waals surface area contributed by atoms with Crippen LogP contribution >= 0.6 is 0 Å². The largest absolute Gasteiger partial charge is 0.468 e. The average molecular weight is 295 g/mol. The molecule has 0 N–H and O–H groups in total. The molecule has 0 saturated carbocycles. The lowest BCUT2D eigenvalue weighted by atomic mass is 9.93. The first-order valence-electron chi connectivity index (χ1n) is 7.70. The second kappa shape index (κ2) is 6.75. The third-order valence-electron chi connectivity index (χ3n) is 4.35. The molecule has 2 aromatic carbocycles. The van der Waals surface area contributed by atoms with E-state index in [4.69, 9.17) is 4.74 Å². The zero-order chi connectivity index (χ0) is 15.4. The van der Waals surface area contributed by atoms with Crippen molar-refractivity contribution in [1.82, 2.24) is 4.90 Å². The first kappa shape index (κ1) is 14.8. The molecule has 0 spiro atoms. The molecule has 0 aromatic heterocycles. The van der Waals surface area contributed by atoms with Gasteiger partial charge in [0.2, 0.25) is 0 Å². The second-order valence-electron chi connectivity index (χ2n) is 5.72. The van der Waals surface area contributed by atoms with E-state index in [1.807, 2.05) is 12.1 Å². The number of hydrogen-bond acceptors (Lipinski definition) is 3. The van der Waals surface area contributed by atoms with Crippen molar-refractivity contribution in [1.29, 1.82) is 0 Å². The third kappa shape index (κ3) is 3.20. The summed E-state index contributed by atoms with van der Waals surface area (Å²) in [7, 11) is 1.47. The van der Waals surface area contributed by atoms with Gasteiger partial charge in [0, 0.05) is 13.1 Å². The number of fused-ring (bicyclic) bond motifs is 1. The molecule has 1 heterocycles. The number of carbonyl (C=O) groups excluding carboxylic acids is 1. The SMILES string of the molecule is COC(=O)C1Cc2ccccc2CN1CCc1ccccc1. The molecule has 0 aliphatic carbocycles. The van der Waals surface area contributed by atoms with Crippen molar-refractivity contribution >= 4 is 5.97 Å². The molecule has 22 heavy (non-hydrogen) atoms. The van der Waals surface area contributed by atoms with Gasteiger partial charge in [-0.3, -0.25) is 9.69 Å². The first-order valence-corrected chi connectivity index (χ1v) is 7.70. The predicted octanol–water partition coefficient (Wildman–Crippen LogP) is 2.83. The molecule has 1 unspecified atom stereocenters. The minimum absolute atomic E-state index is 0.137. The molecule has 114 valence electrons. The summed E-state index contributed by atoms with van der Waals surface area (Å²) >= 11 is 0. The van der Waals surface area contributed by atoms with E-state index in [0.717, 1.165) is 25.9 Å². The van der Waals surface area contributed by atoms with Gasteiger partial charge in [0.15, 0.2) is 0 Å². The second-order valence-corrected chi connectivity index (χ2v) is 5.72. The Balaban J connectivity index is 1.76. The summed E-state index contributed by atoms with van der Waals surface area (Å²) in [5.41, 5.74) is 3.87. The Bertz CT molecular complexity index is 639. The quantitative estimate of drug-likeness (QED) is 0.812. The lowest BCUT2D eigenvalue weighted by Gasteiger charge is -2.35. The molecule has 0 amide bonds. The van der Waals surface area contributed by atoms with E-state index in [1.54, 1.807) is 0 Å². The zero-order valence-corrected chi connectivity index (χ0v) is 12.9. The topological polar surface area (TPSA) is 29.5 Å². The van der Waals surface area contributed by atoms with Gasteiger partial charge in [-0.05, 0) is 29.5 Å². The van der Waals surface area contributed by atoms with Gasteiger partial charge >= 0.3 is 5.97 Å². The average Bonchev–Trinajstić information content (AvgIpc) is 2.59. The van der Waals surface area contributed by atoms with Crippen molar-refractivity contribution < 1.29 is 9.53 Å². The number of benzene rings is 2. The van der Waals surface area contributed by atoms with Gasteiger partial charge in [-0.1, -0.05) is 54.6 Å². The number of esters is 1. The molecule has 0 fully saturated rings. The highest BCUT2D eigenvalue weighted by Gasteiger charge is 2.31. The zero-order valence-electron chi connectivity index (χ0n) is 12.9. The van der Waals surface area contributed by atoms with Crippen LogP contribution in [0.1, 0.15) is 16.7 Å². The molecule has 1 aliphatic heterocycles. The highest BCUT2D eigenvalue weighted by Crippen LogP contribution is 2.24. The summed E-state index contributed by atoms with van der Waals surface area (Å²) in [5, 5.41) is 0. The van der Waals surface area contributed by atoms with Crippen molar-refractivity contribution in [3.8, 4) is 0 Å². The van der Waals surface area contributed by atoms with Crippen molar-refractivity contribution in [2.45, 2.75) is 25.4 Å². The van der Waals surface area contributed by atoms with Crippen LogP contribution in [0.25, 0.3) is 0 Å². The lowest BCUT2D eigenvalue weighted by Crippen LogP contribution is -2.46. The first-order chi connectivity index (χ1) is 10.8. The van der Waals surface area contributed by atoms with Crippen LogP contribution in [0.2, 0.25) is 0 Å². The smallest absolute Gasteiger partial charge is 0.323 e. The minimum atomic E-state index is -0.177. The fourth-order valence-corrected chi connectivity index (χ4v) is 3.10. The Labute approximate surface area is 131 Å². The number of ether oxygens (including phenoxy) is 1. The Morgan fingerprint density at radius 1 is 1.09 bits per heavy atom. The number of hydrogen-bond donors (Lipinski definition) is 0. The van der Waals surface area contributed by atoms with Gasteiger partial charge in [-0.25, -0.2) is 0 Å². The molecule has 1 atom stereocenters. The number of rotatable bonds is 4. The van der Waals surface area contributed by atoms with Crippen molar-refractivity contribution in [3.05, 3.63) is 71.3 Å². The number of nitrogens with zero attached hydrogens (tertiary/aromatic N) is 1. The maximum Gasteiger partial charge on any atom is 0.323 e. The standard InChI is InChI=1S/C19H21NO2/c1-22-19(21)18-13-16-9-5-6-10-17(16)14-20(18)12-11-15-7-3-2-4-8-15/h2-10,18H,11-14H2,1H3. The maximum absolute atomic E-state index is 12.1. The summed E-state index contributed by atoms with van der Waals surface area (Å²) in [5.74, 6) is -0.137. The Morgan fingerprint density at radius 3 is 2.50 bits per heavy atom. The van der Waals surface area contributed by atoms with E-state index in [-0.39, 0.29) is 12.0 Å². The monoisotopic (exact) mass is 295 g/mol. The maximum atomic E-state index is 12.1. The van der Waals surface area contributed by atoms with Crippen molar-refractivity contribution in [2.24, 2.45) is 0 Å². The van der Waals surface area contributed by atoms with E-state index < -0.39 is 0 Å². The summed E-state index contributed by atoms with van der Waals surface area (Å²) < 4.78 is 5.01. The van der Waals surface area contributed by atoms with Gasteiger partial charge in [0.05, 0.1) is 7.11 Å². The third-order valence-corrected chi connectivity index (χ3v) is 4.35. The Kier molecular flexibility index (Phi) is 4.54. The molecule has 0 saturated heterocycles. The Hall–Kier alpha value is -2.13. The van der Waals surface area contributed by atoms with Crippen LogP contribution in [0, 0.1) is 0 Å². The Morgan fingerprint density at radius 2 is 1.77 bits per heavy atom. The van der Waals surface area contributed by atoms with Crippen LogP contribution in [0.4, 0.5) is 0 Å². The molecule has 2 aromatic rings. The van der Waals surface area contributed by atoms with Crippen LogP contribution in [-0.2, 0) is 28.9 Å². The van der Waals surface area contributed by atoms with Gasteiger partial charge in [-0.15, -0.1) is 0 Å². The van der Waals surface area contributed by atoms with Crippen LogP contribution in [0.3, 0.4) is 0 Å². The molecule has 1 aliphatic rings. The fourth-order valence-electron chi connectivity index (χ4n) is 3.10. The summed E-state index contributed by atoms with van der Waals surface area (Å²) in [4.78, 5) is 14.4. The van der Waals surface area contributed by atoms with Gasteiger partial charge < -0.3 is 4.74 Å². The van der Waals surface area contributed by atoms with E-state index in [9.17, 15) is 4.79 Å². The van der Waals surface area contributed by atoms with Crippen LogP contribution < -0.4 is 0 Å². The normalized spacial score (nSPS) is 17.8. The van der Waals surface area contributed by atoms with Crippen LogP contribution in [0.15, 0.2) is 54.6 Å². The molecular formula is C19H21NO2. The fraction of sp³-hybridized carbons (Fsp3) is 0.316. The van der Waals surface area contributed by atoms with Gasteiger partial charge in [0.25, 0.3) is 0 Å². The highest BCUT2D eigenvalue weighted by atomic mass is 16.5. The minimum Gasteiger partial charge on any atom is -0.468 e. The van der Waals surface area contributed by atoms with E-state index >= 15 is 0 Å². The number of carbonyl (C=O) groups is 1. The van der Waals surface area contributed by atoms with Gasteiger partial charge in [-0.2, -0.15) is 0 Å². The summed E-state index contributed by atoms with van der Waals surface area (Å²) in [6.45, 7) is 1.67. The van der Waals surface area contributed by atoms with E-state index in [0.29, 0.717) is 0 Å². The van der Waals surface area contributed by atoms with Crippen LogP contribution in [0.5, 0.6) is 0 Å².